The Balaban J connectivity index is 2.42. The van der Waals surface area contributed by atoms with Crippen molar-refractivity contribution < 1.29 is 24.9 Å². The lowest BCUT2D eigenvalue weighted by Crippen LogP contribution is -2.50. The van der Waals surface area contributed by atoms with Crippen LogP contribution in [0.3, 0.4) is 0 Å². The van der Waals surface area contributed by atoms with Crippen LogP contribution >= 0.6 is 0 Å². The van der Waals surface area contributed by atoms with Crippen molar-refractivity contribution in [3.63, 3.8) is 0 Å². The molecule has 0 aromatic heterocycles. The summed E-state index contributed by atoms with van der Waals surface area (Å²) in [7, 11) is 0. The van der Waals surface area contributed by atoms with E-state index in [9.17, 15) is 15.0 Å². The number of ether oxygens (including phenoxy) is 1. The molecule has 82 valence electrons. The molecule has 0 saturated heterocycles. The van der Waals surface area contributed by atoms with E-state index in [-0.39, 0.29) is 18.6 Å². The second-order valence-electron chi connectivity index (χ2n) is 3.79. The first kappa shape index (κ1) is 10.4. The summed E-state index contributed by atoms with van der Waals surface area (Å²) in [5.41, 5.74) is -1.55. The number of aliphatic hydroxyl groups excluding tert-OH is 1. The minimum atomic E-state index is -1.62. The maximum absolute atomic E-state index is 10.8. The molecule has 1 aliphatic carbocycles. The smallest absolute Gasteiger partial charge is 0.331 e. The van der Waals surface area contributed by atoms with Gasteiger partial charge in [0.15, 0.2) is 0 Å². The third kappa shape index (κ3) is 1.69. The minimum absolute atomic E-state index is 0.0688. The Bertz CT molecular complexity index is 346. The second-order valence-corrected chi connectivity index (χ2v) is 3.79. The van der Waals surface area contributed by atoms with E-state index in [0.29, 0.717) is 0 Å². The molecular weight excluding hydrogens is 200 g/mol. The average molecular weight is 212 g/mol. The molecule has 0 spiro atoms. The van der Waals surface area contributed by atoms with E-state index in [0.717, 1.165) is 0 Å². The van der Waals surface area contributed by atoms with E-state index in [1.807, 2.05) is 0 Å². The van der Waals surface area contributed by atoms with Crippen LogP contribution in [-0.4, -0.2) is 45.7 Å². The number of aliphatic hydroxyl groups is 2. The highest BCUT2D eigenvalue weighted by atomic mass is 16.5. The number of carbonyl (C=O) groups is 1. The monoisotopic (exact) mass is 212 g/mol. The van der Waals surface area contributed by atoms with Crippen molar-refractivity contribution in [2.45, 2.75) is 24.2 Å². The van der Waals surface area contributed by atoms with Crippen molar-refractivity contribution in [2.75, 3.05) is 6.61 Å². The second kappa shape index (κ2) is 3.44. The normalized spacial score (nSPS) is 39.5. The van der Waals surface area contributed by atoms with E-state index >= 15 is 0 Å². The standard InChI is InChI=1S/C10H12O5/c11-8-7-4-6(9(12)13)5-10(8,14)2-1-3-15-7/h1-2,5,7-8,11,14H,3-4H2,(H,12,13)/t7-,8+,10+/m1/s1. The Hall–Kier alpha value is -1.17. The van der Waals surface area contributed by atoms with Gasteiger partial charge in [-0.05, 0) is 12.2 Å². The lowest BCUT2D eigenvalue weighted by Gasteiger charge is -2.35. The van der Waals surface area contributed by atoms with Gasteiger partial charge in [-0.15, -0.1) is 0 Å². The number of carboxylic acid groups (broad SMARTS) is 1. The Labute approximate surface area is 86.3 Å². The zero-order valence-electron chi connectivity index (χ0n) is 7.96. The molecule has 0 radical (unpaired) electrons. The molecule has 1 heterocycles. The molecule has 0 unspecified atom stereocenters. The van der Waals surface area contributed by atoms with Crippen molar-refractivity contribution in [2.24, 2.45) is 0 Å². The summed E-state index contributed by atoms with van der Waals surface area (Å²) in [5.74, 6) is -1.09. The van der Waals surface area contributed by atoms with Gasteiger partial charge in [0.25, 0.3) is 0 Å². The van der Waals surface area contributed by atoms with Crippen molar-refractivity contribution in [3.8, 4) is 0 Å². The van der Waals surface area contributed by atoms with Gasteiger partial charge in [0.1, 0.15) is 11.7 Å². The molecule has 2 rings (SSSR count). The predicted octanol–water partition coefficient (Wildman–Crippen LogP) is -0.552. The van der Waals surface area contributed by atoms with Crippen LogP contribution in [0.2, 0.25) is 0 Å². The predicted molar refractivity (Wildman–Crippen MR) is 50.2 cm³/mol. The quantitative estimate of drug-likeness (QED) is 0.507. The Kier molecular flexibility index (Phi) is 2.38. The lowest BCUT2D eigenvalue weighted by molar-refractivity contribution is -0.136. The summed E-state index contributed by atoms with van der Waals surface area (Å²) in [6, 6.07) is 0. The molecule has 0 saturated carbocycles. The van der Waals surface area contributed by atoms with E-state index < -0.39 is 23.8 Å². The molecule has 2 bridgehead atoms. The van der Waals surface area contributed by atoms with Gasteiger partial charge in [0.2, 0.25) is 0 Å². The highest BCUT2D eigenvalue weighted by molar-refractivity contribution is 5.87. The van der Waals surface area contributed by atoms with Crippen LogP contribution in [0.5, 0.6) is 0 Å². The molecule has 0 fully saturated rings. The Morgan fingerprint density at radius 1 is 1.60 bits per heavy atom. The molecule has 5 nitrogen and oxygen atoms in total. The molecule has 5 heteroatoms. The largest absolute Gasteiger partial charge is 0.478 e. The van der Waals surface area contributed by atoms with Gasteiger partial charge in [-0.2, -0.15) is 0 Å². The first-order valence-electron chi connectivity index (χ1n) is 4.68. The topological polar surface area (TPSA) is 87.0 Å². The molecular formula is C10H12O5. The zero-order valence-corrected chi connectivity index (χ0v) is 7.96. The number of aliphatic carboxylic acids is 1. The van der Waals surface area contributed by atoms with Crippen LogP contribution in [0.4, 0.5) is 0 Å². The van der Waals surface area contributed by atoms with Crippen LogP contribution in [0, 0.1) is 0 Å². The molecule has 3 atom stereocenters. The number of fused-ring (bicyclic) bond motifs is 2. The van der Waals surface area contributed by atoms with E-state index in [1.54, 1.807) is 6.08 Å². The van der Waals surface area contributed by atoms with Crippen molar-refractivity contribution >= 4 is 5.97 Å². The number of rotatable bonds is 1. The summed E-state index contributed by atoms with van der Waals surface area (Å²) >= 11 is 0. The van der Waals surface area contributed by atoms with Crippen LogP contribution in [0.1, 0.15) is 6.42 Å². The van der Waals surface area contributed by atoms with Gasteiger partial charge in [-0.25, -0.2) is 4.79 Å². The number of hydrogen-bond acceptors (Lipinski definition) is 4. The fraction of sp³-hybridized carbons (Fsp3) is 0.500. The number of carboxylic acids is 1. The minimum Gasteiger partial charge on any atom is -0.478 e. The molecule has 15 heavy (non-hydrogen) atoms. The molecule has 3 N–H and O–H groups in total. The molecule has 0 amide bonds. The molecule has 0 aromatic rings. The molecule has 0 aromatic carbocycles. The number of hydrogen-bond donors (Lipinski definition) is 3. The maximum atomic E-state index is 10.8. The van der Waals surface area contributed by atoms with Crippen molar-refractivity contribution in [1.29, 1.82) is 0 Å². The highest BCUT2D eigenvalue weighted by Crippen LogP contribution is 2.32. The van der Waals surface area contributed by atoms with E-state index in [1.165, 1.54) is 12.2 Å². The van der Waals surface area contributed by atoms with Gasteiger partial charge < -0.3 is 20.1 Å². The molecule has 1 aliphatic heterocycles. The SMILES string of the molecule is O=C(O)C1=C[C@@]2(O)C=CCO[C@H](C1)[C@@H]2O. The van der Waals surface area contributed by atoms with Crippen LogP contribution < -0.4 is 0 Å². The Morgan fingerprint density at radius 2 is 2.33 bits per heavy atom. The van der Waals surface area contributed by atoms with Gasteiger partial charge >= 0.3 is 5.97 Å². The first-order chi connectivity index (χ1) is 7.03. The van der Waals surface area contributed by atoms with Crippen LogP contribution in [0.25, 0.3) is 0 Å². The summed E-state index contributed by atoms with van der Waals surface area (Å²) in [6.07, 6.45) is 2.47. The van der Waals surface area contributed by atoms with Gasteiger partial charge in [0.05, 0.1) is 12.7 Å². The van der Waals surface area contributed by atoms with E-state index in [2.05, 4.69) is 0 Å². The van der Waals surface area contributed by atoms with Crippen LogP contribution in [-0.2, 0) is 9.53 Å². The third-order valence-electron chi connectivity index (χ3n) is 2.72. The maximum Gasteiger partial charge on any atom is 0.331 e. The van der Waals surface area contributed by atoms with Crippen molar-refractivity contribution in [3.05, 3.63) is 23.8 Å². The van der Waals surface area contributed by atoms with Gasteiger partial charge in [-0.1, -0.05) is 6.08 Å². The summed E-state index contributed by atoms with van der Waals surface area (Å²) < 4.78 is 5.23. The zero-order chi connectivity index (χ0) is 11.1. The summed E-state index contributed by atoms with van der Waals surface area (Å²) in [6.45, 7) is 0.269. The van der Waals surface area contributed by atoms with Gasteiger partial charge in [0, 0.05) is 12.0 Å². The fourth-order valence-corrected chi connectivity index (χ4v) is 1.91. The van der Waals surface area contributed by atoms with E-state index in [4.69, 9.17) is 9.84 Å². The fourth-order valence-electron chi connectivity index (χ4n) is 1.91. The van der Waals surface area contributed by atoms with Crippen LogP contribution in [0.15, 0.2) is 23.8 Å². The third-order valence-corrected chi connectivity index (χ3v) is 2.72. The summed E-state index contributed by atoms with van der Waals surface area (Å²) in [5, 5.41) is 28.6. The Morgan fingerprint density at radius 3 is 3.00 bits per heavy atom. The highest BCUT2D eigenvalue weighted by Gasteiger charge is 2.44. The summed E-state index contributed by atoms with van der Waals surface area (Å²) in [4.78, 5) is 10.8. The first-order valence-corrected chi connectivity index (χ1v) is 4.68. The van der Waals surface area contributed by atoms with Crippen molar-refractivity contribution in [1.82, 2.24) is 0 Å². The molecule has 2 aliphatic rings. The van der Waals surface area contributed by atoms with Gasteiger partial charge in [-0.3, -0.25) is 0 Å². The lowest BCUT2D eigenvalue weighted by atomic mass is 9.82. The average Bonchev–Trinajstić information content (AvgIpc) is 2.28.